The average molecular weight is 266 g/mol. The summed E-state index contributed by atoms with van der Waals surface area (Å²) in [6.45, 7) is 2.35. The fourth-order valence-corrected chi connectivity index (χ4v) is 2.76. The van der Waals surface area contributed by atoms with Gasteiger partial charge < -0.3 is 9.47 Å². The highest BCUT2D eigenvalue weighted by atomic mass is 19.1. The molecule has 1 aliphatic carbocycles. The van der Waals surface area contributed by atoms with E-state index < -0.39 is 11.4 Å². The molecule has 0 aromatic heterocycles. The summed E-state index contributed by atoms with van der Waals surface area (Å²) in [5.74, 6) is -0.200. The molecule has 0 spiro atoms. The van der Waals surface area contributed by atoms with Gasteiger partial charge in [0.05, 0.1) is 12.7 Å². The molecule has 19 heavy (non-hydrogen) atoms. The number of rotatable bonds is 5. The lowest BCUT2D eigenvalue weighted by Crippen LogP contribution is -2.39. The summed E-state index contributed by atoms with van der Waals surface area (Å²) in [5.41, 5.74) is -0.520. The van der Waals surface area contributed by atoms with Crippen LogP contribution in [0.2, 0.25) is 0 Å². The predicted octanol–water partition coefficient (Wildman–Crippen LogP) is 3.37. The number of hydrogen-bond donors (Lipinski definition) is 0. The Morgan fingerprint density at radius 1 is 1.37 bits per heavy atom. The van der Waals surface area contributed by atoms with Crippen molar-refractivity contribution in [2.24, 2.45) is 0 Å². The zero-order valence-electron chi connectivity index (χ0n) is 11.4. The molecule has 0 N–H and O–H groups in total. The van der Waals surface area contributed by atoms with Gasteiger partial charge in [0.1, 0.15) is 17.2 Å². The highest BCUT2D eigenvalue weighted by Crippen LogP contribution is 2.38. The average Bonchev–Trinajstić information content (AvgIpc) is 2.88. The predicted molar refractivity (Wildman–Crippen MR) is 70.1 cm³/mol. The first-order chi connectivity index (χ1) is 9.13. The smallest absolute Gasteiger partial charge is 0.198 e. The standard InChI is InChI=1S/C15H19FO3/c1-3-19-15(8-4-5-9-15)14(17)12-10-11(16)6-7-13(12)18-2/h6-7,10H,3-5,8-9H2,1-2H3. The van der Waals surface area contributed by atoms with Gasteiger partial charge in [-0.2, -0.15) is 0 Å². The SMILES string of the molecule is CCOC1(C(=O)c2cc(F)ccc2OC)CCCC1. The van der Waals surface area contributed by atoms with Crippen molar-refractivity contribution in [3.63, 3.8) is 0 Å². The lowest BCUT2D eigenvalue weighted by atomic mass is 9.90. The Hall–Kier alpha value is -1.42. The Kier molecular flexibility index (Phi) is 4.20. The Balaban J connectivity index is 2.39. The zero-order valence-corrected chi connectivity index (χ0v) is 11.4. The first-order valence-electron chi connectivity index (χ1n) is 6.65. The van der Waals surface area contributed by atoms with Gasteiger partial charge in [-0.1, -0.05) is 0 Å². The van der Waals surface area contributed by atoms with Crippen molar-refractivity contribution in [2.45, 2.75) is 38.2 Å². The molecular weight excluding hydrogens is 247 g/mol. The van der Waals surface area contributed by atoms with Crippen LogP contribution in [-0.2, 0) is 4.74 Å². The molecule has 0 bridgehead atoms. The van der Waals surface area contributed by atoms with Crippen LogP contribution in [0.1, 0.15) is 43.0 Å². The van der Waals surface area contributed by atoms with Crippen LogP contribution < -0.4 is 4.74 Å². The lowest BCUT2D eigenvalue weighted by Gasteiger charge is -2.27. The summed E-state index contributed by atoms with van der Waals surface area (Å²) in [7, 11) is 1.48. The van der Waals surface area contributed by atoms with Crippen molar-refractivity contribution in [3.05, 3.63) is 29.6 Å². The first kappa shape index (κ1) is 14.0. The van der Waals surface area contributed by atoms with Crippen molar-refractivity contribution in [1.29, 1.82) is 0 Å². The van der Waals surface area contributed by atoms with E-state index in [4.69, 9.17) is 9.47 Å². The van der Waals surface area contributed by atoms with Gasteiger partial charge in [-0.25, -0.2) is 4.39 Å². The lowest BCUT2D eigenvalue weighted by molar-refractivity contribution is -0.0165. The molecule has 1 aliphatic rings. The molecule has 104 valence electrons. The van der Waals surface area contributed by atoms with Gasteiger partial charge in [0.15, 0.2) is 5.78 Å². The molecule has 2 rings (SSSR count). The van der Waals surface area contributed by atoms with Crippen molar-refractivity contribution < 1.29 is 18.7 Å². The van der Waals surface area contributed by atoms with Crippen LogP contribution in [0, 0.1) is 5.82 Å². The van der Waals surface area contributed by atoms with E-state index in [1.54, 1.807) is 0 Å². The maximum absolute atomic E-state index is 13.4. The monoisotopic (exact) mass is 266 g/mol. The van der Waals surface area contributed by atoms with Crippen molar-refractivity contribution in [2.75, 3.05) is 13.7 Å². The van der Waals surface area contributed by atoms with Crippen LogP contribution in [0.3, 0.4) is 0 Å². The summed E-state index contributed by atoms with van der Waals surface area (Å²) in [6, 6.07) is 4.01. The van der Waals surface area contributed by atoms with E-state index in [1.807, 2.05) is 6.92 Å². The van der Waals surface area contributed by atoms with Gasteiger partial charge >= 0.3 is 0 Å². The van der Waals surface area contributed by atoms with Gasteiger partial charge in [-0.3, -0.25) is 4.79 Å². The molecule has 0 aliphatic heterocycles. The quantitative estimate of drug-likeness (QED) is 0.766. The molecule has 3 nitrogen and oxygen atoms in total. The number of ketones is 1. The molecule has 1 saturated carbocycles. The molecule has 0 saturated heterocycles. The van der Waals surface area contributed by atoms with Crippen LogP contribution in [-0.4, -0.2) is 25.1 Å². The largest absolute Gasteiger partial charge is 0.496 e. The van der Waals surface area contributed by atoms with Crippen molar-refractivity contribution in [3.8, 4) is 5.75 Å². The molecular formula is C15H19FO3. The summed E-state index contributed by atoms with van der Waals surface area (Å²) in [5, 5.41) is 0. The van der Waals surface area contributed by atoms with Crippen LogP contribution in [0.4, 0.5) is 4.39 Å². The maximum atomic E-state index is 13.4. The third kappa shape index (κ3) is 2.63. The summed E-state index contributed by atoms with van der Waals surface area (Å²) in [4.78, 5) is 12.7. The second-order valence-corrected chi connectivity index (χ2v) is 4.81. The van der Waals surface area contributed by atoms with Crippen molar-refractivity contribution >= 4 is 5.78 Å². The zero-order chi connectivity index (χ0) is 13.9. The van der Waals surface area contributed by atoms with Gasteiger partial charge in [0.2, 0.25) is 0 Å². The van der Waals surface area contributed by atoms with E-state index in [1.165, 1.54) is 25.3 Å². The molecule has 1 fully saturated rings. The molecule has 0 heterocycles. The van der Waals surface area contributed by atoms with E-state index in [2.05, 4.69) is 0 Å². The summed E-state index contributed by atoms with van der Waals surface area (Å²) >= 11 is 0. The van der Waals surface area contributed by atoms with Crippen LogP contribution >= 0.6 is 0 Å². The van der Waals surface area contributed by atoms with Gasteiger partial charge in [-0.05, 0) is 50.8 Å². The number of hydrogen-bond acceptors (Lipinski definition) is 3. The Morgan fingerprint density at radius 3 is 2.63 bits per heavy atom. The first-order valence-corrected chi connectivity index (χ1v) is 6.65. The molecule has 0 radical (unpaired) electrons. The number of methoxy groups -OCH3 is 1. The third-order valence-electron chi connectivity index (χ3n) is 3.65. The number of Topliss-reactive ketones (excluding diaryl/α,β-unsaturated/α-hetero) is 1. The maximum Gasteiger partial charge on any atom is 0.198 e. The van der Waals surface area contributed by atoms with E-state index >= 15 is 0 Å². The number of ether oxygens (including phenoxy) is 2. The fraction of sp³-hybridized carbons (Fsp3) is 0.533. The van der Waals surface area contributed by atoms with Gasteiger partial charge in [0.25, 0.3) is 0 Å². The second-order valence-electron chi connectivity index (χ2n) is 4.81. The van der Waals surface area contributed by atoms with E-state index in [-0.39, 0.29) is 11.3 Å². The van der Waals surface area contributed by atoms with E-state index in [0.717, 1.165) is 12.8 Å². The number of carbonyl (C=O) groups is 1. The van der Waals surface area contributed by atoms with E-state index in [9.17, 15) is 9.18 Å². The third-order valence-corrected chi connectivity index (χ3v) is 3.65. The minimum Gasteiger partial charge on any atom is -0.496 e. The number of carbonyl (C=O) groups excluding carboxylic acids is 1. The molecule has 0 amide bonds. The summed E-state index contributed by atoms with van der Waals surface area (Å²) < 4.78 is 24.3. The fourth-order valence-electron chi connectivity index (χ4n) is 2.76. The Morgan fingerprint density at radius 2 is 2.05 bits per heavy atom. The minimum atomic E-state index is -0.796. The van der Waals surface area contributed by atoms with Crippen molar-refractivity contribution in [1.82, 2.24) is 0 Å². The van der Waals surface area contributed by atoms with Gasteiger partial charge in [-0.15, -0.1) is 0 Å². The van der Waals surface area contributed by atoms with Crippen LogP contribution in [0.5, 0.6) is 5.75 Å². The normalized spacial score (nSPS) is 17.4. The van der Waals surface area contributed by atoms with E-state index in [0.29, 0.717) is 25.2 Å². The second kappa shape index (κ2) is 5.70. The molecule has 0 unspecified atom stereocenters. The van der Waals surface area contributed by atoms with Crippen LogP contribution in [0.25, 0.3) is 0 Å². The molecule has 1 aromatic carbocycles. The van der Waals surface area contributed by atoms with Crippen LogP contribution in [0.15, 0.2) is 18.2 Å². The summed E-state index contributed by atoms with van der Waals surface area (Å²) in [6.07, 6.45) is 3.31. The number of benzene rings is 1. The molecule has 4 heteroatoms. The minimum absolute atomic E-state index is 0.164. The molecule has 1 aromatic rings. The number of halogens is 1. The Labute approximate surface area is 112 Å². The Bertz CT molecular complexity index is 464. The highest BCUT2D eigenvalue weighted by molar-refractivity contribution is 6.04. The highest BCUT2D eigenvalue weighted by Gasteiger charge is 2.43. The topological polar surface area (TPSA) is 35.5 Å². The van der Waals surface area contributed by atoms with Gasteiger partial charge in [0, 0.05) is 6.61 Å². The molecule has 0 atom stereocenters.